The maximum atomic E-state index is 11.7. The quantitative estimate of drug-likeness (QED) is 0.829. The fraction of sp³-hybridized carbons (Fsp3) is 0.385. The summed E-state index contributed by atoms with van der Waals surface area (Å²) in [4.78, 5) is 16.7. The third kappa shape index (κ3) is 2.87. The normalized spacial score (nSPS) is 16.9. The van der Waals surface area contributed by atoms with Crippen LogP contribution in [0.5, 0.6) is 0 Å². The van der Waals surface area contributed by atoms with Gasteiger partial charge in [-0.3, -0.25) is 9.20 Å². The highest BCUT2D eigenvalue weighted by Crippen LogP contribution is 2.32. The Kier molecular flexibility index (Phi) is 3.78. The van der Waals surface area contributed by atoms with E-state index >= 15 is 0 Å². The van der Waals surface area contributed by atoms with Crippen LogP contribution in [0.3, 0.4) is 0 Å². The van der Waals surface area contributed by atoms with E-state index in [9.17, 15) is 9.90 Å². The molecule has 5 nitrogen and oxygen atoms in total. The van der Waals surface area contributed by atoms with Crippen molar-refractivity contribution < 1.29 is 9.90 Å². The van der Waals surface area contributed by atoms with Crippen molar-refractivity contribution in [3.63, 3.8) is 0 Å². The van der Waals surface area contributed by atoms with Gasteiger partial charge in [-0.15, -0.1) is 11.3 Å². The van der Waals surface area contributed by atoms with Gasteiger partial charge in [0.1, 0.15) is 0 Å². The molecule has 7 heteroatoms. The minimum Gasteiger partial charge on any atom is -0.391 e. The third-order valence-electron chi connectivity index (χ3n) is 3.30. The summed E-state index contributed by atoms with van der Waals surface area (Å²) >= 11 is 7.50. The highest BCUT2D eigenvalue weighted by Gasteiger charge is 2.29. The van der Waals surface area contributed by atoms with Crippen LogP contribution in [0.4, 0.5) is 0 Å². The van der Waals surface area contributed by atoms with Gasteiger partial charge in [-0.05, 0) is 24.8 Å². The molecule has 1 fully saturated rings. The summed E-state index contributed by atoms with van der Waals surface area (Å²) in [6.07, 6.45) is 6.56. The highest BCUT2D eigenvalue weighted by atomic mass is 35.5. The van der Waals surface area contributed by atoms with Crippen LogP contribution in [0.25, 0.3) is 11.0 Å². The van der Waals surface area contributed by atoms with E-state index in [1.54, 1.807) is 6.08 Å². The summed E-state index contributed by atoms with van der Waals surface area (Å²) in [6.45, 7) is 0.293. The number of aliphatic hydroxyl groups excluding tert-OH is 1. The van der Waals surface area contributed by atoms with E-state index in [1.807, 2.05) is 16.0 Å². The summed E-state index contributed by atoms with van der Waals surface area (Å²) < 4.78 is 1.83. The van der Waals surface area contributed by atoms with Gasteiger partial charge in [-0.1, -0.05) is 11.6 Å². The molecule has 0 radical (unpaired) electrons. The zero-order valence-corrected chi connectivity index (χ0v) is 12.2. The van der Waals surface area contributed by atoms with Crippen LogP contribution in [0, 0.1) is 5.92 Å². The zero-order valence-electron chi connectivity index (χ0n) is 10.6. The molecule has 2 aromatic rings. The van der Waals surface area contributed by atoms with Gasteiger partial charge in [0.2, 0.25) is 5.91 Å². The summed E-state index contributed by atoms with van der Waals surface area (Å²) in [5, 5.41) is 14.6. The second kappa shape index (κ2) is 5.55. The number of imidazole rings is 1. The largest absolute Gasteiger partial charge is 0.391 e. The lowest BCUT2D eigenvalue weighted by atomic mass is 10.2. The molecular formula is C13H14ClN3O2S. The second-order valence-corrected chi connectivity index (χ2v) is 6.06. The van der Waals surface area contributed by atoms with E-state index in [1.165, 1.54) is 17.4 Å². The number of rotatable bonds is 5. The highest BCUT2D eigenvalue weighted by molar-refractivity contribution is 7.15. The Morgan fingerprint density at radius 3 is 3.25 bits per heavy atom. The van der Waals surface area contributed by atoms with Crippen LogP contribution < -0.4 is 5.32 Å². The number of nitrogens with zero attached hydrogens (tertiary/aromatic N) is 2. The van der Waals surface area contributed by atoms with Crippen LogP contribution in [0.2, 0.25) is 5.15 Å². The Bertz CT molecular complexity index is 660. The summed E-state index contributed by atoms with van der Waals surface area (Å²) in [5.41, 5.74) is 0.681. The standard InChI is InChI=1S/C13H14ClN3O2S/c14-12-9(17-5-6-20-13(17)16-12)3-4-11(19)15-7-10(18)8-1-2-8/h3-6,8,10,18H,1-2,7H2,(H,15,19). The number of carbonyl (C=O) groups is 1. The first-order chi connectivity index (χ1) is 9.65. The first-order valence-corrected chi connectivity index (χ1v) is 7.66. The van der Waals surface area contributed by atoms with Gasteiger partial charge in [-0.25, -0.2) is 4.98 Å². The summed E-state index contributed by atoms with van der Waals surface area (Å²) in [7, 11) is 0. The number of hydrogen-bond acceptors (Lipinski definition) is 4. The van der Waals surface area contributed by atoms with Gasteiger partial charge < -0.3 is 10.4 Å². The minimum absolute atomic E-state index is 0.244. The Labute approximate surface area is 124 Å². The number of nitrogens with one attached hydrogen (secondary N) is 1. The number of amides is 1. The topological polar surface area (TPSA) is 66.6 Å². The van der Waals surface area contributed by atoms with E-state index in [4.69, 9.17) is 11.6 Å². The van der Waals surface area contributed by atoms with Crippen LogP contribution in [-0.4, -0.2) is 33.0 Å². The predicted octanol–water partition coefficient (Wildman–Crippen LogP) is 1.95. The van der Waals surface area contributed by atoms with Crippen LogP contribution in [-0.2, 0) is 4.79 Å². The molecule has 1 aliphatic rings. The number of aliphatic hydroxyl groups is 1. The summed E-state index contributed by atoms with van der Waals surface area (Å²) in [6, 6.07) is 0. The average Bonchev–Trinajstić information content (AvgIpc) is 3.11. The molecule has 1 aliphatic carbocycles. The van der Waals surface area contributed by atoms with Crippen molar-refractivity contribution in [1.82, 2.24) is 14.7 Å². The van der Waals surface area contributed by atoms with Crippen molar-refractivity contribution >= 4 is 39.9 Å². The van der Waals surface area contributed by atoms with Crippen LogP contribution in [0.15, 0.2) is 17.7 Å². The van der Waals surface area contributed by atoms with Gasteiger partial charge in [0, 0.05) is 24.2 Å². The SMILES string of the molecule is O=C(C=Cc1c(Cl)nc2sccn12)NCC(O)C1CC1. The smallest absolute Gasteiger partial charge is 0.244 e. The molecule has 2 N–H and O–H groups in total. The van der Waals surface area contributed by atoms with Gasteiger partial charge in [0.05, 0.1) is 11.8 Å². The Morgan fingerprint density at radius 2 is 2.50 bits per heavy atom. The molecule has 106 valence electrons. The molecule has 20 heavy (non-hydrogen) atoms. The number of hydrogen-bond donors (Lipinski definition) is 2. The monoisotopic (exact) mass is 311 g/mol. The van der Waals surface area contributed by atoms with Gasteiger partial charge >= 0.3 is 0 Å². The molecule has 0 saturated heterocycles. The van der Waals surface area contributed by atoms with Gasteiger partial charge in [0.25, 0.3) is 0 Å². The van der Waals surface area contributed by atoms with Crippen LogP contribution >= 0.6 is 22.9 Å². The number of fused-ring (bicyclic) bond motifs is 1. The molecule has 2 aromatic heterocycles. The van der Waals surface area contributed by atoms with E-state index in [-0.39, 0.29) is 5.91 Å². The van der Waals surface area contributed by atoms with Gasteiger partial charge in [-0.2, -0.15) is 0 Å². The molecule has 0 spiro atoms. The lowest BCUT2D eigenvalue weighted by Gasteiger charge is -2.08. The molecule has 0 aromatic carbocycles. The van der Waals surface area contributed by atoms with Crippen molar-refractivity contribution in [3.8, 4) is 0 Å². The van der Waals surface area contributed by atoms with E-state index in [0.29, 0.717) is 23.3 Å². The van der Waals surface area contributed by atoms with Crippen molar-refractivity contribution in [2.45, 2.75) is 18.9 Å². The van der Waals surface area contributed by atoms with E-state index in [2.05, 4.69) is 10.3 Å². The molecule has 0 aliphatic heterocycles. The maximum absolute atomic E-state index is 11.7. The number of carbonyl (C=O) groups excluding carboxylic acids is 1. The Morgan fingerprint density at radius 1 is 1.70 bits per heavy atom. The lowest BCUT2D eigenvalue weighted by Crippen LogP contribution is -2.31. The molecule has 0 bridgehead atoms. The predicted molar refractivity (Wildman–Crippen MR) is 78.9 cm³/mol. The molecule has 1 saturated carbocycles. The zero-order chi connectivity index (χ0) is 14.1. The lowest BCUT2D eigenvalue weighted by molar-refractivity contribution is -0.116. The Hall–Kier alpha value is -1.37. The Balaban J connectivity index is 1.62. The van der Waals surface area contributed by atoms with E-state index < -0.39 is 6.10 Å². The molecule has 1 amide bonds. The first-order valence-electron chi connectivity index (χ1n) is 6.40. The first kappa shape index (κ1) is 13.6. The van der Waals surface area contributed by atoms with Crippen molar-refractivity contribution in [2.75, 3.05) is 6.54 Å². The fourth-order valence-electron chi connectivity index (χ4n) is 1.99. The number of halogens is 1. The average molecular weight is 312 g/mol. The fourth-order valence-corrected chi connectivity index (χ4v) is 3.00. The van der Waals surface area contributed by atoms with Crippen LogP contribution in [0.1, 0.15) is 18.5 Å². The van der Waals surface area contributed by atoms with E-state index in [0.717, 1.165) is 17.8 Å². The number of thiazole rings is 1. The molecule has 3 rings (SSSR count). The third-order valence-corrected chi connectivity index (χ3v) is 4.33. The number of aromatic nitrogens is 2. The molecule has 1 atom stereocenters. The molecule has 1 unspecified atom stereocenters. The maximum Gasteiger partial charge on any atom is 0.244 e. The molecular weight excluding hydrogens is 298 g/mol. The minimum atomic E-state index is -0.436. The summed E-state index contributed by atoms with van der Waals surface area (Å²) in [5.74, 6) is 0.111. The van der Waals surface area contributed by atoms with Crippen molar-refractivity contribution in [3.05, 3.63) is 28.5 Å². The van der Waals surface area contributed by atoms with Crippen molar-refractivity contribution in [2.24, 2.45) is 5.92 Å². The van der Waals surface area contributed by atoms with Gasteiger partial charge in [0.15, 0.2) is 10.1 Å². The van der Waals surface area contributed by atoms with Crippen molar-refractivity contribution in [1.29, 1.82) is 0 Å². The second-order valence-electron chi connectivity index (χ2n) is 4.83. The molecule has 2 heterocycles.